The first-order valence-electron chi connectivity index (χ1n) is 6.15. The van der Waals surface area contributed by atoms with Crippen molar-refractivity contribution in [2.75, 3.05) is 19.8 Å². The number of nitrogens with zero attached hydrogens (tertiary/aromatic N) is 2. The van der Waals surface area contributed by atoms with E-state index in [1.165, 1.54) is 10.9 Å². The van der Waals surface area contributed by atoms with Crippen LogP contribution in [0, 0.1) is 0 Å². The minimum atomic E-state index is -3.02. The lowest BCUT2D eigenvalue weighted by molar-refractivity contribution is -0.0286. The van der Waals surface area contributed by atoms with Crippen molar-refractivity contribution in [3.05, 3.63) is 17.5 Å². The molecule has 0 amide bonds. The van der Waals surface area contributed by atoms with Crippen LogP contribution in [0.3, 0.4) is 0 Å². The molecule has 4 nitrogen and oxygen atoms in total. The molecular formula is C12H18F2N2O2. The van der Waals surface area contributed by atoms with Crippen LogP contribution in [-0.2, 0) is 17.7 Å². The molecule has 2 rings (SSSR count). The van der Waals surface area contributed by atoms with Crippen LogP contribution in [0.15, 0.2) is 6.20 Å². The van der Waals surface area contributed by atoms with Gasteiger partial charge in [0.15, 0.2) is 0 Å². The maximum absolute atomic E-state index is 13.9. The highest BCUT2D eigenvalue weighted by atomic mass is 19.3. The molecule has 0 atom stereocenters. The van der Waals surface area contributed by atoms with E-state index in [0.29, 0.717) is 18.9 Å². The molecule has 2 heterocycles. The van der Waals surface area contributed by atoms with E-state index in [1.54, 1.807) is 7.05 Å². The van der Waals surface area contributed by atoms with E-state index >= 15 is 0 Å². The fourth-order valence-electron chi connectivity index (χ4n) is 2.34. The van der Waals surface area contributed by atoms with Gasteiger partial charge in [-0.1, -0.05) is 0 Å². The number of halogens is 2. The maximum atomic E-state index is 13.9. The quantitative estimate of drug-likeness (QED) is 0.897. The molecule has 1 aliphatic heterocycles. The summed E-state index contributed by atoms with van der Waals surface area (Å²) in [6, 6.07) is 0. The highest BCUT2D eigenvalue weighted by Crippen LogP contribution is 2.38. The van der Waals surface area contributed by atoms with Crippen molar-refractivity contribution in [1.82, 2.24) is 9.78 Å². The van der Waals surface area contributed by atoms with Crippen LogP contribution in [-0.4, -0.2) is 34.7 Å². The van der Waals surface area contributed by atoms with Gasteiger partial charge < -0.3 is 9.84 Å². The van der Waals surface area contributed by atoms with Crippen LogP contribution < -0.4 is 0 Å². The molecule has 0 spiro atoms. The fraction of sp³-hybridized carbons (Fsp3) is 0.750. The molecule has 1 fully saturated rings. The first-order valence-corrected chi connectivity index (χ1v) is 6.15. The molecule has 1 N–H and O–H groups in total. The Kier molecular flexibility index (Phi) is 3.97. The number of aromatic nitrogens is 2. The lowest BCUT2D eigenvalue weighted by Gasteiger charge is -2.23. The summed E-state index contributed by atoms with van der Waals surface area (Å²) in [4.78, 5) is 0. The lowest BCUT2D eigenvalue weighted by atomic mass is 9.91. The average Bonchev–Trinajstić information content (AvgIpc) is 2.73. The molecule has 1 aromatic heterocycles. The molecule has 0 radical (unpaired) electrons. The van der Waals surface area contributed by atoms with Crippen molar-refractivity contribution in [3.63, 3.8) is 0 Å². The van der Waals surface area contributed by atoms with Crippen molar-refractivity contribution in [2.45, 2.75) is 31.1 Å². The van der Waals surface area contributed by atoms with E-state index in [1.807, 2.05) is 0 Å². The second-order valence-electron chi connectivity index (χ2n) is 4.67. The van der Waals surface area contributed by atoms with Crippen molar-refractivity contribution < 1.29 is 18.6 Å². The molecule has 0 bridgehead atoms. The zero-order valence-electron chi connectivity index (χ0n) is 10.4. The van der Waals surface area contributed by atoms with Gasteiger partial charge in [-0.25, -0.2) is 8.78 Å². The number of aliphatic hydroxyl groups excluding tert-OH is 1. The zero-order chi connectivity index (χ0) is 13.2. The Balaban J connectivity index is 2.29. The van der Waals surface area contributed by atoms with Crippen molar-refractivity contribution in [1.29, 1.82) is 0 Å². The molecule has 1 aromatic rings. The summed E-state index contributed by atoms with van der Waals surface area (Å²) in [5.74, 6) is -2.99. The van der Waals surface area contributed by atoms with E-state index < -0.39 is 19.0 Å². The summed E-state index contributed by atoms with van der Waals surface area (Å²) in [5, 5.41) is 12.9. The minimum absolute atomic E-state index is 0.0273. The molecule has 0 saturated carbocycles. The van der Waals surface area contributed by atoms with Crippen LogP contribution in [0.4, 0.5) is 8.78 Å². The van der Waals surface area contributed by atoms with Crippen LogP contribution in [0.5, 0.6) is 0 Å². The van der Waals surface area contributed by atoms with Crippen LogP contribution in [0.2, 0.25) is 0 Å². The van der Waals surface area contributed by atoms with E-state index in [9.17, 15) is 8.78 Å². The van der Waals surface area contributed by atoms with Gasteiger partial charge in [-0.15, -0.1) is 0 Å². The lowest BCUT2D eigenvalue weighted by Crippen LogP contribution is -2.21. The summed E-state index contributed by atoms with van der Waals surface area (Å²) >= 11 is 0. The van der Waals surface area contributed by atoms with E-state index in [-0.39, 0.29) is 11.5 Å². The Morgan fingerprint density at radius 3 is 2.78 bits per heavy atom. The second-order valence-corrected chi connectivity index (χ2v) is 4.67. The number of rotatable bonds is 4. The van der Waals surface area contributed by atoms with Crippen LogP contribution in [0.25, 0.3) is 0 Å². The minimum Gasteiger partial charge on any atom is -0.396 e. The highest BCUT2D eigenvalue weighted by molar-refractivity contribution is 5.26. The summed E-state index contributed by atoms with van der Waals surface area (Å²) < 4.78 is 34.5. The molecule has 1 saturated heterocycles. The van der Waals surface area contributed by atoms with E-state index in [4.69, 9.17) is 9.84 Å². The summed E-state index contributed by atoms with van der Waals surface area (Å²) in [6.45, 7) is 0.646. The Hall–Kier alpha value is -1.01. The smallest absolute Gasteiger partial charge is 0.278 e. The molecule has 1 aliphatic rings. The zero-order valence-corrected chi connectivity index (χ0v) is 10.4. The van der Waals surface area contributed by atoms with Gasteiger partial charge in [0.2, 0.25) is 0 Å². The van der Waals surface area contributed by atoms with Gasteiger partial charge in [0.1, 0.15) is 0 Å². The number of aryl methyl sites for hydroxylation is 1. The third kappa shape index (κ3) is 2.70. The third-order valence-electron chi connectivity index (χ3n) is 3.29. The predicted molar refractivity (Wildman–Crippen MR) is 61.6 cm³/mol. The highest BCUT2D eigenvalue weighted by Gasteiger charge is 2.37. The van der Waals surface area contributed by atoms with Gasteiger partial charge in [0.25, 0.3) is 5.92 Å². The molecule has 18 heavy (non-hydrogen) atoms. The maximum Gasteiger partial charge on any atom is 0.278 e. The molecule has 0 aliphatic carbocycles. The van der Waals surface area contributed by atoms with Gasteiger partial charge in [-0.05, 0) is 12.8 Å². The summed E-state index contributed by atoms with van der Waals surface area (Å²) in [7, 11) is 1.64. The third-order valence-corrected chi connectivity index (χ3v) is 3.29. The largest absolute Gasteiger partial charge is 0.396 e. The molecule has 6 heteroatoms. The molecule has 102 valence electrons. The average molecular weight is 260 g/mol. The van der Waals surface area contributed by atoms with Crippen molar-refractivity contribution in [3.8, 4) is 0 Å². The number of ether oxygens (including phenoxy) is 1. The Morgan fingerprint density at radius 2 is 2.17 bits per heavy atom. The second kappa shape index (κ2) is 5.32. The first kappa shape index (κ1) is 13.4. The fourth-order valence-corrected chi connectivity index (χ4v) is 2.34. The normalized spacial score (nSPS) is 18.2. The summed E-state index contributed by atoms with van der Waals surface area (Å²) in [6.07, 6.45) is 2.24. The predicted octanol–water partition coefficient (Wildman–Crippen LogP) is 1.79. The Labute approximate surface area is 105 Å². The summed E-state index contributed by atoms with van der Waals surface area (Å²) in [5.41, 5.74) is 0.408. The van der Waals surface area contributed by atoms with Gasteiger partial charge in [0, 0.05) is 45.4 Å². The van der Waals surface area contributed by atoms with Crippen molar-refractivity contribution in [2.24, 2.45) is 7.05 Å². The monoisotopic (exact) mass is 260 g/mol. The number of hydrogen-bond donors (Lipinski definition) is 1. The number of aliphatic hydroxyl groups is 1. The van der Waals surface area contributed by atoms with Gasteiger partial charge in [-0.3, -0.25) is 4.68 Å². The van der Waals surface area contributed by atoms with Gasteiger partial charge in [0.05, 0.1) is 11.3 Å². The Bertz CT molecular complexity index is 401. The SMILES string of the molecule is Cn1cc(C(F)(F)CCO)c(C2CCOCC2)n1. The van der Waals surface area contributed by atoms with Gasteiger partial charge in [-0.2, -0.15) is 5.10 Å². The van der Waals surface area contributed by atoms with Crippen LogP contribution in [0.1, 0.15) is 36.4 Å². The molecule has 0 aromatic carbocycles. The van der Waals surface area contributed by atoms with E-state index in [2.05, 4.69) is 5.10 Å². The Morgan fingerprint density at radius 1 is 1.50 bits per heavy atom. The van der Waals surface area contributed by atoms with Gasteiger partial charge >= 0.3 is 0 Å². The number of alkyl halides is 2. The van der Waals surface area contributed by atoms with E-state index in [0.717, 1.165) is 12.8 Å². The first-order chi connectivity index (χ1) is 8.54. The topological polar surface area (TPSA) is 47.3 Å². The standard InChI is InChI=1S/C12H18F2N2O2/c1-16-8-10(12(13,14)4-5-17)11(15-16)9-2-6-18-7-3-9/h8-9,17H,2-7H2,1H3. The van der Waals surface area contributed by atoms with Crippen LogP contribution >= 0.6 is 0 Å². The molecular weight excluding hydrogens is 242 g/mol. The van der Waals surface area contributed by atoms with Crippen molar-refractivity contribution >= 4 is 0 Å². The number of hydrogen-bond acceptors (Lipinski definition) is 3. The molecule has 0 unspecified atom stereocenters.